The molecule has 12 nitrogen and oxygen atoms in total. The Labute approximate surface area is 390 Å². The summed E-state index contributed by atoms with van der Waals surface area (Å²) in [4.78, 5) is 71.3. The Hall–Kier alpha value is -5.00. The van der Waals surface area contributed by atoms with E-state index < -0.39 is 0 Å². The normalized spacial score (nSPS) is 39.6. The van der Waals surface area contributed by atoms with Crippen molar-refractivity contribution in [2.45, 2.75) is 130 Å². The average Bonchev–Trinajstić information content (AvgIpc) is 3.82. The number of benzene rings is 1. The molecule has 2 aromatic heterocycles. The van der Waals surface area contributed by atoms with E-state index in [-0.39, 0.29) is 45.3 Å². The molecule has 6 saturated carbocycles. The predicted octanol–water partition coefficient (Wildman–Crippen LogP) is 9.27. The largest absolute Gasteiger partial charge is 0.338 e. The van der Waals surface area contributed by atoms with Crippen molar-refractivity contribution in [2.24, 2.45) is 69.0 Å². The molecule has 3 aromatic rings. The van der Waals surface area contributed by atoms with Gasteiger partial charge in [-0.2, -0.15) is 0 Å². The number of carbonyl (C=O) groups is 4. The maximum Gasteiger partial charge on any atom is 0.246 e. The van der Waals surface area contributed by atoms with E-state index >= 15 is 0 Å². The second-order valence-corrected chi connectivity index (χ2v) is 22.7. The zero-order valence-electron chi connectivity index (χ0n) is 39.9. The summed E-state index contributed by atoms with van der Waals surface area (Å²) in [7, 11) is 3.96. The maximum absolute atomic E-state index is 13.1. The minimum atomic E-state index is 0.0560. The number of nitrogens with one attached hydrogen (secondary N) is 2. The molecule has 6 aliphatic carbocycles. The molecule has 11 rings (SSSR count). The van der Waals surface area contributed by atoms with E-state index in [1.165, 1.54) is 51.4 Å². The number of fused-ring (bicyclic) bond motifs is 11. The van der Waals surface area contributed by atoms with Crippen molar-refractivity contribution in [2.75, 3.05) is 24.7 Å². The summed E-state index contributed by atoms with van der Waals surface area (Å²) < 4.78 is 0. The second kappa shape index (κ2) is 17.0. The standard InChI is InChI=1S/C29H36N4O2.C25H34N4O2/c1-28-12-10-22-20(6-9-25-29(22,2)13-11-27(35)33(25)3)21(28)7-4-18(28)16-26(34)32-19-5-8-23-24(17-19)31-15-14-30-23;1-24-10-8-19-17(5-7-20-25(19,2)11-9-23(31)29(20)3)18(24)6-4-16(24)14-22(30)28-21-15-26-12-13-27-21/h5,8,11,13-15,17-18,20-22,25H,4,6-7,9-10,12,16H2,1-3H3,(H,32,34);9,11-13,15-20H,4-8,10,14H2,1-3H3,(H,27,28,30)/t18-,20+,21+,22+,25-,28-,29-;16-,17?,18?,19?,20-,24-,25-/m11/s1. The van der Waals surface area contributed by atoms with Crippen LogP contribution in [0, 0.1) is 69.0 Å². The van der Waals surface area contributed by atoms with Crippen molar-refractivity contribution in [3.05, 3.63) is 73.5 Å². The van der Waals surface area contributed by atoms with Crippen LogP contribution in [0.15, 0.2) is 73.5 Å². The van der Waals surface area contributed by atoms with Crippen LogP contribution in [0.2, 0.25) is 0 Å². The quantitative estimate of drug-likeness (QED) is 0.249. The zero-order valence-corrected chi connectivity index (χ0v) is 39.9. The summed E-state index contributed by atoms with van der Waals surface area (Å²) >= 11 is 0. The maximum atomic E-state index is 13.1. The summed E-state index contributed by atoms with van der Waals surface area (Å²) in [6.45, 7) is 9.69. The van der Waals surface area contributed by atoms with Crippen LogP contribution in [-0.4, -0.2) is 79.5 Å². The molecular weight excluding hydrogens is 825 g/mol. The fourth-order valence-corrected chi connectivity index (χ4v) is 16.6. The molecule has 12 heteroatoms. The number of hydrogen-bond donors (Lipinski definition) is 2. The van der Waals surface area contributed by atoms with Crippen molar-refractivity contribution < 1.29 is 19.2 Å². The summed E-state index contributed by atoms with van der Waals surface area (Å²) in [6, 6.07) is 6.38. The van der Waals surface area contributed by atoms with E-state index in [1.54, 1.807) is 37.1 Å². The number of rotatable bonds is 6. The van der Waals surface area contributed by atoms with Gasteiger partial charge in [-0.3, -0.25) is 34.1 Å². The Morgan fingerprint density at radius 1 is 0.606 bits per heavy atom. The first-order chi connectivity index (χ1) is 31.6. The van der Waals surface area contributed by atoms with Gasteiger partial charge in [0.2, 0.25) is 23.6 Å². The zero-order chi connectivity index (χ0) is 46.2. The van der Waals surface area contributed by atoms with Crippen LogP contribution in [0.25, 0.3) is 11.0 Å². The van der Waals surface area contributed by atoms with Crippen LogP contribution in [-0.2, 0) is 19.2 Å². The fraction of sp³-hybridized carbons (Fsp3) is 0.630. The Kier molecular flexibility index (Phi) is 11.5. The molecule has 4 amide bonds. The van der Waals surface area contributed by atoms with Gasteiger partial charge in [0.25, 0.3) is 0 Å². The van der Waals surface area contributed by atoms with E-state index in [0.717, 1.165) is 42.4 Å². The third kappa shape index (κ3) is 7.47. The Morgan fingerprint density at radius 2 is 1.12 bits per heavy atom. The van der Waals surface area contributed by atoms with Gasteiger partial charge in [0.1, 0.15) is 0 Å². The van der Waals surface area contributed by atoms with Crippen LogP contribution in [0.4, 0.5) is 11.5 Å². The van der Waals surface area contributed by atoms with E-state index in [4.69, 9.17) is 0 Å². The number of anilines is 2. The SMILES string of the molecule is CN1C(=O)C=C[C@]2(C)C3CC[C@@]4(C)C(CC[C@@H]4CC(=O)Nc4cnccn4)C3CC[C@@H]12.CN1C(=O)C=C[C@]2(C)[C@H]3CC[C@]4(C)[C@@H](CC(=O)Nc5ccc6nccnc6c5)CC[C@H]4[C@@H]3CC[C@@H]12. The van der Waals surface area contributed by atoms with Crippen LogP contribution < -0.4 is 10.6 Å². The first kappa shape index (κ1) is 44.8. The minimum Gasteiger partial charge on any atom is -0.338 e. The van der Waals surface area contributed by atoms with Crippen molar-refractivity contribution in [1.82, 2.24) is 29.7 Å². The molecule has 14 atom stereocenters. The molecule has 8 aliphatic rings. The summed E-state index contributed by atoms with van der Waals surface area (Å²) in [5.41, 5.74) is 3.02. The summed E-state index contributed by atoms with van der Waals surface area (Å²) in [6.07, 6.45) is 31.5. The molecule has 0 saturated heterocycles. The number of hydrogen-bond acceptors (Lipinski definition) is 8. The van der Waals surface area contributed by atoms with Crippen molar-refractivity contribution in [3.63, 3.8) is 0 Å². The third-order valence-electron chi connectivity index (χ3n) is 20.1. The third-order valence-corrected chi connectivity index (χ3v) is 20.1. The van der Waals surface area contributed by atoms with Crippen LogP contribution in [0.3, 0.4) is 0 Å². The highest BCUT2D eigenvalue weighted by molar-refractivity contribution is 5.93. The van der Waals surface area contributed by atoms with Crippen molar-refractivity contribution in [3.8, 4) is 0 Å². The highest BCUT2D eigenvalue weighted by Gasteiger charge is 2.62. The summed E-state index contributed by atoms with van der Waals surface area (Å²) in [5, 5.41) is 6.06. The molecule has 0 radical (unpaired) electrons. The Morgan fingerprint density at radius 3 is 1.65 bits per heavy atom. The topological polar surface area (TPSA) is 150 Å². The number of aromatic nitrogens is 4. The number of amides is 4. The first-order valence-electron chi connectivity index (χ1n) is 25.1. The second-order valence-electron chi connectivity index (χ2n) is 22.7. The highest BCUT2D eigenvalue weighted by Crippen LogP contribution is 2.67. The smallest absolute Gasteiger partial charge is 0.246 e. The molecule has 2 N–H and O–H groups in total. The molecule has 350 valence electrons. The fourth-order valence-electron chi connectivity index (χ4n) is 16.6. The Bertz CT molecular complexity index is 2440. The lowest BCUT2D eigenvalue weighted by Gasteiger charge is -2.60. The molecular formula is C54H70N8O4. The average molecular weight is 895 g/mol. The van der Waals surface area contributed by atoms with Crippen molar-refractivity contribution in [1.29, 1.82) is 0 Å². The molecule has 6 fully saturated rings. The van der Waals surface area contributed by atoms with Gasteiger partial charge >= 0.3 is 0 Å². The van der Waals surface area contributed by atoms with Gasteiger partial charge in [0, 0.05) is 80.3 Å². The van der Waals surface area contributed by atoms with Gasteiger partial charge in [-0.05, 0) is 166 Å². The van der Waals surface area contributed by atoms with Gasteiger partial charge < -0.3 is 20.4 Å². The highest BCUT2D eigenvalue weighted by atomic mass is 16.2. The van der Waals surface area contributed by atoms with E-state index in [2.05, 4.69) is 70.4 Å². The van der Waals surface area contributed by atoms with E-state index in [1.807, 2.05) is 48.2 Å². The molecule has 66 heavy (non-hydrogen) atoms. The van der Waals surface area contributed by atoms with E-state index in [9.17, 15) is 19.2 Å². The van der Waals surface area contributed by atoms with Crippen LogP contribution in [0.1, 0.15) is 118 Å². The van der Waals surface area contributed by atoms with Gasteiger partial charge in [-0.1, -0.05) is 39.8 Å². The Balaban J connectivity index is 0.000000156. The minimum absolute atomic E-state index is 0.0560. The molecule has 2 aliphatic heterocycles. The number of carbonyl (C=O) groups excluding carboxylic acids is 4. The van der Waals surface area contributed by atoms with Crippen molar-refractivity contribution >= 4 is 46.2 Å². The summed E-state index contributed by atoms with van der Waals surface area (Å²) in [5.74, 6) is 5.82. The van der Waals surface area contributed by atoms with Gasteiger partial charge in [-0.25, -0.2) is 4.98 Å². The van der Waals surface area contributed by atoms with Gasteiger partial charge in [-0.15, -0.1) is 0 Å². The van der Waals surface area contributed by atoms with E-state index in [0.29, 0.717) is 78.1 Å². The lowest BCUT2D eigenvalue weighted by atomic mass is 9.47. The molecule has 1 aromatic carbocycles. The molecule has 0 bridgehead atoms. The predicted molar refractivity (Wildman–Crippen MR) is 255 cm³/mol. The molecule has 4 heterocycles. The number of nitrogens with zero attached hydrogens (tertiary/aromatic N) is 6. The first-order valence-corrected chi connectivity index (χ1v) is 25.1. The van der Waals surface area contributed by atoms with Crippen LogP contribution >= 0.6 is 0 Å². The lowest BCUT2D eigenvalue weighted by Crippen LogP contribution is -2.59. The lowest BCUT2D eigenvalue weighted by molar-refractivity contribution is -0.139. The monoisotopic (exact) mass is 895 g/mol. The number of likely N-dealkylation sites (N-methyl/N-ethyl adjacent to an activating group) is 2. The van der Waals surface area contributed by atoms with Gasteiger partial charge in [0.15, 0.2) is 5.82 Å². The molecule has 3 unspecified atom stereocenters. The van der Waals surface area contributed by atoms with Crippen LogP contribution in [0.5, 0.6) is 0 Å². The molecule has 0 spiro atoms. The van der Waals surface area contributed by atoms with Gasteiger partial charge in [0.05, 0.1) is 17.2 Å².